The standard InChI is InChI=1S/C39H29N4O/c1-29-13-11-22-35(27-29)43-36(23-25-40-43)38-37(44)24-26-42(41-38)34-21-12-20-33(28-34)39(30-14-5-2-6-15-30,31-16-7-3-8-17-31)32-18-9-4-10-19-32/h2-28H,1H2. The molecule has 5 nitrogen and oxygen atoms in total. The minimum Gasteiger partial charge on any atom is -0.287 e. The monoisotopic (exact) mass is 569 g/mol. The molecule has 211 valence electrons. The highest BCUT2D eigenvalue weighted by atomic mass is 16.1. The van der Waals surface area contributed by atoms with Crippen LogP contribution in [0.25, 0.3) is 22.8 Å². The lowest BCUT2D eigenvalue weighted by molar-refractivity contribution is 0.740. The zero-order chi connectivity index (χ0) is 29.9. The summed E-state index contributed by atoms with van der Waals surface area (Å²) in [5.41, 5.74) is 7.19. The van der Waals surface area contributed by atoms with Crippen molar-refractivity contribution in [2.45, 2.75) is 5.41 Å². The van der Waals surface area contributed by atoms with Crippen molar-refractivity contribution in [1.29, 1.82) is 0 Å². The molecule has 7 aromatic rings. The number of benzene rings is 5. The minimum atomic E-state index is -0.598. The average Bonchev–Trinajstić information content (AvgIpc) is 3.57. The van der Waals surface area contributed by atoms with Crippen molar-refractivity contribution >= 4 is 0 Å². The lowest BCUT2D eigenvalue weighted by atomic mass is 9.65. The quantitative estimate of drug-likeness (QED) is 0.185. The normalized spacial score (nSPS) is 11.4. The van der Waals surface area contributed by atoms with Crippen LogP contribution in [0.3, 0.4) is 0 Å². The van der Waals surface area contributed by atoms with Gasteiger partial charge in [-0.25, -0.2) is 9.36 Å². The van der Waals surface area contributed by atoms with E-state index in [0.717, 1.165) is 39.2 Å². The van der Waals surface area contributed by atoms with E-state index in [-0.39, 0.29) is 5.43 Å². The van der Waals surface area contributed by atoms with Crippen molar-refractivity contribution < 1.29 is 0 Å². The number of hydrogen-bond donors (Lipinski definition) is 0. The molecular weight excluding hydrogens is 540 g/mol. The van der Waals surface area contributed by atoms with Crippen molar-refractivity contribution in [2.24, 2.45) is 0 Å². The van der Waals surface area contributed by atoms with Crippen molar-refractivity contribution in [3.63, 3.8) is 0 Å². The van der Waals surface area contributed by atoms with Crippen molar-refractivity contribution in [1.82, 2.24) is 19.6 Å². The molecule has 0 spiro atoms. The summed E-state index contributed by atoms with van der Waals surface area (Å²) in [5.74, 6) is 0. The van der Waals surface area contributed by atoms with Crippen molar-refractivity contribution in [2.75, 3.05) is 0 Å². The number of nitrogens with zero attached hydrogens (tertiary/aromatic N) is 4. The molecule has 0 aliphatic heterocycles. The first kappa shape index (κ1) is 27.0. The molecule has 7 rings (SSSR count). The second-order valence-corrected chi connectivity index (χ2v) is 10.7. The van der Waals surface area contributed by atoms with E-state index in [2.05, 4.69) is 103 Å². The van der Waals surface area contributed by atoms with Crippen LogP contribution < -0.4 is 5.43 Å². The number of hydrogen-bond acceptors (Lipinski definition) is 3. The van der Waals surface area contributed by atoms with Gasteiger partial charge in [-0.3, -0.25) is 4.79 Å². The molecule has 2 heterocycles. The Hall–Kier alpha value is -5.81. The van der Waals surface area contributed by atoms with Crippen LogP contribution in [0.5, 0.6) is 0 Å². The van der Waals surface area contributed by atoms with E-state index in [4.69, 9.17) is 5.10 Å². The predicted molar refractivity (Wildman–Crippen MR) is 175 cm³/mol. The van der Waals surface area contributed by atoms with E-state index in [1.54, 1.807) is 27.8 Å². The van der Waals surface area contributed by atoms with Crippen LogP contribution in [-0.4, -0.2) is 19.6 Å². The van der Waals surface area contributed by atoms with Crippen LogP contribution >= 0.6 is 0 Å². The summed E-state index contributed by atoms with van der Waals surface area (Å²) in [6, 6.07) is 51.2. The fourth-order valence-corrected chi connectivity index (χ4v) is 6.05. The first-order chi connectivity index (χ1) is 21.6. The molecule has 0 fully saturated rings. The molecule has 0 saturated heterocycles. The maximum absolute atomic E-state index is 13.2. The second kappa shape index (κ2) is 11.5. The van der Waals surface area contributed by atoms with Crippen molar-refractivity contribution in [3.8, 4) is 22.8 Å². The molecule has 0 unspecified atom stereocenters. The Balaban J connectivity index is 1.42. The smallest absolute Gasteiger partial charge is 0.209 e. The van der Waals surface area contributed by atoms with Gasteiger partial charge in [-0.2, -0.15) is 10.2 Å². The van der Waals surface area contributed by atoms with Crippen LogP contribution in [0.2, 0.25) is 0 Å². The topological polar surface area (TPSA) is 52.7 Å². The van der Waals surface area contributed by atoms with Crippen LogP contribution in [0.15, 0.2) is 169 Å². The lowest BCUT2D eigenvalue weighted by Gasteiger charge is -2.37. The molecule has 1 radical (unpaired) electrons. The highest BCUT2D eigenvalue weighted by Gasteiger charge is 2.38. The van der Waals surface area contributed by atoms with Gasteiger partial charge in [0.25, 0.3) is 0 Å². The molecule has 44 heavy (non-hydrogen) atoms. The second-order valence-electron chi connectivity index (χ2n) is 10.7. The largest absolute Gasteiger partial charge is 0.287 e. The van der Waals surface area contributed by atoms with Gasteiger partial charge in [0.05, 0.1) is 28.7 Å². The molecule has 0 atom stereocenters. The zero-order valence-corrected chi connectivity index (χ0v) is 24.0. The number of aromatic nitrogens is 4. The van der Waals surface area contributed by atoms with Gasteiger partial charge in [-0.1, -0.05) is 115 Å². The molecule has 0 bridgehead atoms. The summed E-state index contributed by atoms with van der Waals surface area (Å²) in [5, 5.41) is 9.36. The first-order valence-electron chi connectivity index (χ1n) is 14.5. The van der Waals surface area contributed by atoms with Crippen molar-refractivity contribution in [3.05, 3.63) is 209 Å². The summed E-state index contributed by atoms with van der Waals surface area (Å²) < 4.78 is 3.49. The summed E-state index contributed by atoms with van der Waals surface area (Å²) >= 11 is 0. The molecule has 0 aliphatic carbocycles. The predicted octanol–water partition coefficient (Wildman–Crippen LogP) is 7.65. The Bertz CT molecular complexity index is 2000. The Labute approximate surface area is 256 Å². The van der Waals surface area contributed by atoms with Gasteiger partial charge in [0.15, 0.2) is 5.69 Å². The van der Waals surface area contributed by atoms with Crippen LogP contribution in [0.4, 0.5) is 0 Å². The fraction of sp³-hybridized carbons (Fsp3) is 0.0256. The molecule has 5 heteroatoms. The Morgan fingerprint density at radius 2 is 1.14 bits per heavy atom. The summed E-state index contributed by atoms with van der Waals surface area (Å²) in [7, 11) is 0. The third kappa shape index (κ3) is 4.74. The Morgan fingerprint density at radius 3 is 1.75 bits per heavy atom. The SMILES string of the molecule is [CH2]c1cccc(-n2nccc2-c2nn(-c3cccc(C(c4ccccc4)(c4ccccc4)c4ccccc4)c3)ccc2=O)c1. The minimum absolute atomic E-state index is 0.183. The first-order valence-corrected chi connectivity index (χ1v) is 14.5. The molecule has 0 N–H and O–H groups in total. The molecule has 0 amide bonds. The van der Waals surface area contributed by atoms with Crippen LogP contribution in [0.1, 0.15) is 27.8 Å². The fourth-order valence-electron chi connectivity index (χ4n) is 6.05. The molecular formula is C39H29N4O. The van der Waals surface area contributed by atoms with Gasteiger partial charge >= 0.3 is 0 Å². The zero-order valence-electron chi connectivity index (χ0n) is 24.0. The van der Waals surface area contributed by atoms with Gasteiger partial charge in [-0.15, -0.1) is 0 Å². The van der Waals surface area contributed by atoms with Crippen LogP contribution in [-0.2, 0) is 5.41 Å². The lowest BCUT2D eigenvalue weighted by Crippen LogP contribution is -2.31. The maximum atomic E-state index is 13.2. The van der Waals surface area contributed by atoms with E-state index in [1.165, 1.54) is 0 Å². The third-order valence-electron chi connectivity index (χ3n) is 8.01. The highest BCUT2D eigenvalue weighted by molar-refractivity contribution is 5.62. The van der Waals surface area contributed by atoms with E-state index >= 15 is 0 Å². The highest BCUT2D eigenvalue weighted by Crippen LogP contribution is 2.45. The third-order valence-corrected chi connectivity index (χ3v) is 8.01. The van der Waals surface area contributed by atoms with Gasteiger partial charge in [-0.05, 0) is 65.1 Å². The maximum Gasteiger partial charge on any atom is 0.209 e. The molecule has 0 saturated carbocycles. The van der Waals surface area contributed by atoms with E-state index in [0.29, 0.717) is 11.4 Å². The van der Waals surface area contributed by atoms with Gasteiger partial charge in [0.2, 0.25) is 5.43 Å². The summed E-state index contributed by atoms with van der Waals surface area (Å²) in [4.78, 5) is 13.2. The number of rotatable bonds is 7. The molecule has 0 aliphatic rings. The van der Waals surface area contributed by atoms with Crippen LogP contribution in [0, 0.1) is 6.92 Å². The Kier molecular flexibility index (Phi) is 7.05. The molecule has 5 aromatic carbocycles. The van der Waals surface area contributed by atoms with E-state index in [1.807, 2.05) is 54.6 Å². The summed E-state index contributed by atoms with van der Waals surface area (Å²) in [6.07, 6.45) is 3.40. The summed E-state index contributed by atoms with van der Waals surface area (Å²) in [6.45, 7) is 4.04. The van der Waals surface area contributed by atoms with Gasteiger partial charge < -0.3 is 0 Å². The van der Waals surface area contributed by atoms with E-state index in [9.17, 15) is 4.79 Å². The molecule has 2 aromatic heterocycles. The van der Waals surface area contributed by atoms with Gasteiger partial charge in [0.1, 0.15) is 0 Å². The average molecular weight is 570 g/mol. The van der Waals surface area contributed by atoms with Gasteiger partial charge in [0, 0.05) is 12.3 Å². The Morgan fingerprint density at radius 1 is 0.568 bits per heavy atom. The van der Waals surface area contributed by atoms with E-state index < -0.39 is 5.41 Å².